The van der Waals surface area contributed by atoms with Gasteiger partial charge in [0, 0.05) is 62.2 Å². The summed E-state index contributed by atoms with van der Waals surface area (Å²) in [6, 6.07) is 19.7. The molecule has 54 heavy (non-hydrogen) atoms. The first-order valence-corrected chi connectivity index (χ1v) is 19.2. The van der Waals surface area contributed by atoms with Crippen LogP contribution >= 0.6 is 11.6 Å². The Labute approximate surface area is 322 Å². The van der Waals surface area contributed by atoms with Gasteiger partial charge in [-0.05, 0) is 86.2 Å². The highest BCUT2D eigenvalue weighted by Gasteiger charge is 2.28. The smallest absolute Gasteiger partial charge is 0.162 e. The molecule has 0 saturated carbocycles. The predicted octanol–water partition coefficient (Wildman–Crippen LogP) is 7.28. The van der Waals surface area contributed by atoms with Crippen LogP contribution < -0.4 is 18.9 Å². The largest absolute Gasteiger partial charge is 0.488 e. The second-order valence-corrected chi connectivity index (χ2v) is 15.0. The van der Waals surface area contributed by atoms with Crippen LogP contribution in [0.1, 0.15) is 66.8 Å². The molecule has 4 heterocycles. The number of hydrogen-bond donors (Lipinski definition) is 1. The van der Waals surface area contributed by atoms with Crippen molar-refractivity contribution in [1.29, 1.82) is 5.26 Å². The number of benzene rings is 3. The molecule has 4 aromatic rings. The van der Waals surface area contributed by atoms with Crippen LogP contribution in [0.3, 0.4) is 0 Å². The number of pyridine rings is 1. The number of piperidine rings is 1. The summed E-state index contributed by atoms with van der Waals surface area (Å²) in [6.07, 6.45) is 7.48. The topological polar surface area (TPSA) is 117 Å². The van der Waals surface area contributed by atoms with Crippen LogP contribution in [0.2, 0.25) is 5.02 Å². The number of rotatable bonds is 13. The van der Waals surface area contributed by atoms with Crippen molar-refractivity contribution in [2.24, 2.45) is 0 Å². The molecule has 1 unspecified atom stereocenters. The third-order valence-corrected chi connectivity index (χ3v) is 11.0. The minimum absolute atomic E-state index is 0.0499. The molecule has 11 heteroatoms. The molecule has 3 atom stereocenters. The van der Waals surface area contributed by atoms with Gasteiger partial charge in [-0.25, -0.2) is 0 Å². The monoisotopic (exact) mass is 750 g/mol. The number of aliphatic hydroxyl groups is 1. The van der Waals surface area contributed by atoms with Crippen LogP contribution in [0.4, 0.5) is 0 Å². The normalized spacial score (nSPS) is 20.0. The molecule has 3 aliphatic rings. The molecular weight excluding hydrogens is 704 g/mol. The van der Waals surface area contributed by atoms with Crippen molar-refractivity contribution in [2.75, 3.05) is 32.8 Å². The Bertz CT molecular complexity index is 2020. The highest BCUT2D eigenvalue weighted by atomic mass is 35.5. The summed E-state index contributed by atoms with van der Waals surface area (Å²) in [7, 11) is 0. The number of Topliss-reactive ketones (excluding diaryl/α,β-unsaturated/α-hetero) is 1. The number of aliphatic hydroxyl groups excluding tert-OH is 1. The second kappa shape index (κ2) is 17.2. The number of carbonyl (C=O) groups is 1. The number of nitriles is 1. The van der Waals surface area contributed by atoms with Crippen LogP contribution in [0.15, 0.2) is 67.0 Å². The number of ether oxygens (including phenoxy) is 4. The maximum atomic E-state index is 12.5. The molecule has 0 bridgehead atoms. The molecule has 0 aliphatic carbocycles. The lowest BCUT2D eigenvalue weighted by Crippen LogP contribution is -2.43. The summed E-state index contributed by atoms with van der Waals surface area (Å²) < 4.78 is 25.3. The highest BCUT2D eigenvalue weighted by Crippen LogP contribution is 2.39. The molecule has 2 fully saturated rings. The number of carbonyl (C=O) groups excluding carboxylic acids is 1. The van der Waals surface area contributed by atoms with Crippen LogP contribution in [0.25, 0.3) is 11.1 Å². The minimum atomic E-state index is -0.231. The molecule has 0 radical (unpaired) electrons. The van der Waals surface area contributed by atoms with Gasteiger partial charge in [0.25, 0.3) is 0 Å². The Morgan fingerprint density at radius 1 is 1.02 bits per heavy atom. The van der Waals surface area contributed by atoms with Crippen LogP contribution in [0.5, 0.6) is 23.0 Å². The van der Waals surface area contributed by atoms with Gasteiger partial charge in [-0.3, -0.25) is 14.7 Å². The molecule has 1 N–H and O–H groups in total. The van der Waals surface area contributed by atoms with Crippen molar-refractivity contribution >= 4 is 17.4 Å². The summed E-state index contributed by atoms with van der Waals surface area (Å²) in [5, 5.41) is 19.7. The van der Waals surface area contributed by atoms with E-state index in [1.165, 1.54) is 6.20 Å². The van der Waals surface area contributed by atoms with Gasteiger partial charge in [-0.15, -0.1) is 0 Å². The Kier molecular flexibility index (Phi) is 12.0. The molecule has 0 spiro atoms. The van der Waals surface area contributed by atoms with E-state index < -0.39 is 0 Å². The van der Waals surface area contributed by atoms with Crippen molar-refractivity contribution in [3.63, 3.8) is 0 Å². The number of β-amino-alcohol motifs (C(OH)–C–C–N with tert-alkyl or cyclic N) is 1. The van der Waals surface area contributed by atoms with Gasteiger partial charge in [0.15, 0.2) is 11.5 Å². The predicted molar refractivity (Wildman–Crippen MR) is 206 cm³/mol. The third kappa shape index (κ3) is 8.99. The van der Waals surface area contributed by atoms with Crippen LogP contribution in [-0.4, -0.2) is 76.7 Å². The number of fused-ring (bicyclic) bond motifs is 1. The molecule has 1 aromatic heterocycles. The molecule has 7 rings (SSSR count). The first-order chi connectivity index (χ1) is 26.2. The Balaban J connectivity index is 1.07. The van der Waals surface area contributed by atoms with E-state index in [2.05, 4.69) is 46.0 Å². The van der Waals surface area contributed by atoms with Crippen LogP contribution in [-0.2, 0) is 24.6 Å². The van der Waals surface area contributed by atoms with Crippen molar-refractivity contribution in [1.82, 2.24) is 14.8 Å². The number of likely N-dealkylation sites (tertiary alicyclic amines) is 2. The molecular formula is C43H47ClN4O6. The summed E-state index contributed by atoms with van der Waals surface area (Å²) >= 11 is 6.90. The molecule has 3 aliphatic heterocycles. The van der Waals surface area contributed by atoms with E-state index in [0.29, 0.717) is 35.2 Å². The highest BCUT2D eigenvalue weighted by molar-refractivity contribution is 6.32. The van der Waals surface area contributed by atoms with Gasteiger partial charge in [0.2, 0.25) is 0 Å². The van der Waals surface area contributed by atoms with Gasteiger partial charge < -0.3 is 29.0 Å². The molecule has 0 amide bonds. The zero-order valence-corrected chi connectivity index (χ0v) is 31.7. The van der Waals surface area contributed by atoms with Gasteiger partial charge >= 0.3 is 0 Å². The first kappa shape index (κ1) is 37.6. The van der Waals surface area contributed by atoms with E-state index in [1.54, 1.807) is 19.2 Å². The number of hydrogen-bond acceptors (Lipinski definition) is 10. The summed E-state index contributed by atoms with van der Waals surface area (Å²) in [6.45, 7) is 8.57. The lowest BCUT2D eigenvalue weighted by Gasteiger charge is -2.34. The molecule has 2 saturated heterocycles. The van der Waals surface area contributed by atoms with E-state index in [4.69, 9.17) is 30.5 Å². The summed E-state index contributed by atoms with van der Waals surface area (Å²) in [5.74, 6) is 2.73. The Morgan fingerprint density at radius 3 is 2.70 bits per heavy atom. The summed E-state index contributed by atoms with van der Waals surface area (Å²) in [5.41, 5.74) is 6.26. The van der Waals surface area contributed by atoms with Gasteiger partial charge in [0.05, 0.1) is 22.7 Å². The fraction of sp³-hybridized carbons (Fsp3) is 0.419. The molecule has 3 aromatic carbocycles. The maximum absolute atomic E-state index is 12.5. The van der Waals surface area contributed by atoms with E-state index >= 15 is 0 Å². The van der Waals surface area contributed by atoms with Crippen LogP contribution in [0, 0.1) is 18.3 Å². The van der Waals surface area contributed by atoms with E-state index in [1.807, 2.05) is 30.3 Å². The quantitative estimate of drug-likeness (QED) is 0.149. The number of nitrogens with zero attached hydrogens (tertiary/aromatic N) is 4. The average molecular weight is 751 g/mol. The second-order valence-electron chi connectivity index (χ2n) is 14.6. The molecule has 282 valence electrons. The lowest BCUT2D eigenvalue weighted by molar-refractivity contribution is -0.123. The zero-order valence-electron chi connectivity index (χ0n) is 30.9. The van der Waals surface area contributed by atoms with E-state index in [-0.39, 0.29) is 37.2 Å². The first-order valence-electron chi connectivity index (χ1n) is 18.8. The van der Waals surface area contributed by atoms with Crippen molar-refractivity contribution in [3.8, 4) is 40.2 Å². The van der Waals surface area contributed by atoms with E-state index in [0.717, 1.165) is 103 Å². The average Bonchev–Trinajstić information content (AvgIpc) is 3.61. The summed E-state index contributed by atoms with van der Waals surface area (Å²) in [4.78, 5) is 21.2. The molecule has 10 nitrogen and oxygen atoms in total. The van der Waals surface area contributed by atoms with Crippen molar-refractivity contribution < 1.29 is 28.8 Å². The SMILES string of the molecule is CC(=O)[C@@H]1CCCCN1Cc1cc(Cl)c(OCc2cccc(-c3ccc4c(c3)OC(CCN3CC[C@@H](O)C3)CO4)c2C)cc1OCc1cncc(C#N)c1. The fourth-order valence-electron chi connectivity index (χ4n) is 7.67. The van der Waals surface area contributed by atoms with Crippen molar-refractivity contribution in [3.05, 3.63) is 99.8 Å². The van der Waals surface area contributed by atoms with Gasteiger partial charge in [-0.1, -0.05) is 42.3 Å². The number of halogens is 1. The standard InChI is InChI=1S/C43H47ClN4O6/c1-28-33(6-5-7-37(28)32-9-10-40-43(18-32)54-36(27-53-40)12-15-47-14-11-35(50)24-47)26-52-42-19-41(51-25-31-16-30(20-45)21-46-22-31)34(17-38(42)44)23-48-13-4-3-8-39(48)29(2)49/h5-7,9-10,16-19,21-22,35-36,39,50H,3-4,8,11-15,23-27H2,1-2H3/t35-,36?,39+/m1/s1. The number of aromatic nitrogens is 1. The van der Waals surface area contributed by atoms with Gasteiger partial charge in [-0.2, -0.15) is 5.26 Å². The lowest BCUT2D eigenvalue weighted by atomic mass is 9.96. The maximum Gasteiger partial charge on any atom is 0.162 e. The van der Waals surface area contributed by atoms with E-state index in [9.17, 15) is 15.2 Å². The fourth-order valence-corrected chi connectivity index (χ4v) is 7.91. The third-order valence-electron chi connectivity index (χ3n) is 10.7. The van der Waals surface area contributed by atoms with Crippen molar-refractivity contribution in [2.45, 2.75) is 84.0 Å². The minimum Gasteiger partial charge on any atom is -0.488 e. The number of ketones is 1. The Hall–Kier alpha value is -4.66. The Morgan fingerprint density at radius 2 is 1.89 bits per heavy atom. The zero-order chi connectivity index (χ0) is 37.6. The van der Waals surface area contributed by atoms with Gasteiger partial charge in [0.1, 0.15) is 49.3 Å².